The van der Waals surface area contributed by atoms with Crippen molar-refractivity contribution in [1.29, 1.82) is 0 Å². The van der Waals surface area contributed by atoms with Gasteiger partial charge in [0.05, 0.1) is 20.3 Å². The molecule has 1 aliphatic carbocycles. The normalized spacial score (nSPS) is 13.0. The Morgan fingerprint density at radius 2 is 1.83 bits per heavy atom. The average molecular weight is 476 g/mol. The molecule has 0 aromatic heterocycles. The van der Waals surface area contributed by atoms with E-state index in [9.17, 15) is 4.79 Å². The molecule has 0 N–H and O–H groups in total. The number of allylic oxidation sites excluding steroid dienone is 3. The maximum atomic E-state index is 11.7. The number of hydrogen-bond acceptors (Lipinski definition) is 3. The highest BCUT2D eigenvalue weighted by molar-refractivity contribution is 6.04. The van der Waals surface area contributed by atoms with Crippen LogP contribution in [0.3, 0.4) is 0 Å². The van der Waals surface area contributed by atoms with E-state index in [1.54, 1.807) is 26.2 Å². The maximum absolute atomic E-state index is 11.7. The molecule has 0 radical (unpaired) electrons. The third kappa shape index (κ3) is 5.31. The fraction of sp³-hybridized carbons (Fsp3) is 0.188. The Bertz CT molecular complexity index is 1400. The molecule has 0 heterocycles. The highest BCUT2D eigenvalue weighted by Crippen LogP contribution is 2.43. The van der Waals surface area contributed by atoms with Crippen molar-refractivity contribution >= 4 is 35.0 Å². The molecule has 0 bridgehead atoms. The Hall–Kier alpha value is -4.36. The van der Waals surface area contributed by atoms with E-state index in [1.165, 1.54) is 22.8 Å². The maximum Gasteiger partial charge on any atom is 0.330 e. The van der Waals surface area contributed by atoms with Crippen LogP contribution in [0.4, 0.5) is 5.69 Å². The molecule has 3 aromatic carbocycles. The molecule has 4 nitrogen and oxygen atoms in total. The largest absolute Gasteiger partial charge is 0.498 e. The molecule has 0 fully saturated rings. The van der Waals surface area contributed by atoms with Gasteiger partial charge in [-0.2, -0.15) is 0 Å². The van der Waals surface area contributed by atoms with Crippen LogP contribution in [0.1, 0.15) is 48.1 Å². The van der Waals surface area contributed by atoms with Gasteiger partial charge in [0, 0.05) is 6.08 Å². The number of nitrogens with zero attached hydrogens (tertiary/aromatic N) is 1. The van der Waals surface area contributed by atoms with Gasteiger partial charge < -0.3 is 9.47 Å². The van der Waals surface area contributed by atoms with E-state index in [4.69, 9.17) is 16.0 Å². The molecule has 0 saturated heterocycles. The van der Waals surface area contributed by atoms with Crippen LogP contribution in [0.5, 0.6) is 5.75 Å². The van der Waals surface area contributed by atoms with Gasteiger partial charge in [-0.15, -0.1) is 0 Å². The first-order valence-electron chi connectivity index (χ1n) is 12.1. The third-order valence-corrected chi connectivity index (χ3v) is 6.29. The van der Waals surface area contributed by atoms with Crippen LogP contribution in [-0.2, 0) is 16.0 Å². The van der Waals surface area contributed by atoms with Crippen molar-refractivity contribution in [2.24, 2.45) is 0 Å². The molecule has 36 heavy (non-hydrogen) atoms. The van der Waals surface area contributed by atoms with Crippen molar-refractivity contribution in [2.45, 2.75) is 26.7 Å². The lowest BCUT2D eigenvalue weighted by molar-refractivity contribution is -0.137. The summed E-state index contributed by atoms with van der Waals surface area (Å²) < 4.78 is 10.4. The zero-order valence-electron chi connectivity index (χ0n) is 20.9. The fourth-order valence-electron chi connectivity index (χ4n) is 4.60. The lowest BCUT2D eigenvalue weighted by Crippen LogP contribution is -1.99. The highest BCUT2D eigenvalue weighted by Gasteiger charge is 2.22. The Labute approximate surface area is 213 Å². The molecule has 0 aliphatic heterocycles. The third-order valence-electron chi connectivity index (χ3n) is 6.29. The molecule has 180 valence electrons. The zero-order chi connectivity index (χ0) is 25.5. The number of ether oxygens (including phenoxy) is 2. The van der Waals surface area contributed by atoms with Crippen molar-refractivity contribution in [3.63, 3.8) is 0 Å². The smallest absolute Gasteiger partial charge is 0.330 e. The molecule has 0 saturated carbocycles. The van der Waals surface area contributed by atoms with Crippen LogP contribution < -0.4 is 4.74 Å². The van der Waals surface area contributed by atoms with Crippen molar-refractivity contribution < 1.29 is 14.3 Å². The number of carbonyl (C=O) groups is 1. The minimum Gasteiger partial charge on any atom is -0.498 e. The van der Waals surface area contributed by atoms with E-state index in [0.717, 1.165) is 40.7 Å². The minimum atomic E-state index is -0.351. The number of esters is 1. The Morgan fingerprint density at radius 1 is 1.06 bits per heavy atom. The summed E-state index contributed by atoms with van der Waals surface area (Å²) in [6, 6.07) is 22.3. The van der Waals surface area contributed by atoms with Gasteiger partial charge in [0.2, 0.25) is 0 Å². The molecule has 3 aromatic rings. The zero-order valence-corrected chi connectivity index (χ0v) is 20.9. The average Bonchev–Trinajstić information content (AvgIpc) is 3.34. The van der Waals surface area contributed by atoms with Crippen molar-refractivity contribution in [1.82, 2.24) is 0 Å². The number of rotatable bonds is 8. The number of fused-ring (bicyclic) bond motifs is 1. The van der Waals surface area contributed by atoms with E-state index in [2.05, 4.69) is 54.2 Å². The van der Waals surface area contributed by atoms with E-state index in [1.807, 2.05) is 24.3 Å². The summed E-state index contributed by atoms with van der Waals surface area (Å²) in [6.07, 6.45) is 7.07. The topological polar surface area (TPSA) is 39.9 Å². The van der Waals surface area contributed by atoms with Gasteiger partial charge in [0.25, 0.3) is 0 Å². The lowest BCUT2D eigenvalue weighted by Gasteiger charge is -2.19. The van der Waals surface area contributed by atoms with Gasteiger partial charge in [0.15, 0.2) is 5.69 Å². The van der Waals surface area contributed by atoms with E-state index in [-0.39, 0.29) is 5.97 Å². The van der Waals surface area contributed by atoms with Gasteiger partial charge in [-0.05, 0) is 82.5 Å². The molecule has 0 amide bonds. The Balaban J connectivity index is 1.84. The van der Waals surface area contributed by atoms with Gasteiger partial charge >= 0.3 is 5.97 Å². The fourth-order valence-corrected chi connectivity index (χ4v) is 4.60. The van der Waals surface area contributed by atoms with Gasteiger partial charge in [-0.3, -0.25) is 0 Å². The SMILES string of the molecule is [C-]#[N+]c1cc(OC)ccc1/C(CC)=C(/C1=Cc2ccccc2C1)c1ccc(/C=C/C(=O)OCC)cc1. The number of methoxy groups -OCH3 is 1. The van der Waals surface area contributed by atoms with Crippen LogP contribution >= 0.6 is 0 Å². The summed E-state index contributed by atoms with van der Waals surface area (Å²) in [5.74, 6) is 0.322. The summed E-state index contributed by atoms with van der Waals surface area (Å²) in [5, 5.41) is 0. The summed E-state index contributed by atoms with van der Waals surface area (Å²) in [7, 11) is 1.61. The quantitative estimate of drug-likeness (QED) is 0.144. The molecular formula is C32H29NO3. The van der Waals surface area contributed by atoms with Gasteiger partial charge in [-0.1, -0.05) is 67.6 Å². The summed E-state index contributed by atoms with van der Waals surface area (Å²) in [5.41, 5.74) is 9.52. The first kappa shape index (κ1) is 24.8. The molecule has 0 spiro atoms. The molecule has 1 aliphatic rings. The molecular weight excluding hydrogens is 446 g/mol. The summed E-state index contributed by atoms with van der Waals surface area (Å²) in [6.45, 7) is 12.1. The van der Waals surface area contributed by atoms with Crippen LogP contribution in [0.25, 0.3) is 28.1 Å². The van der Waals surface area contributed by atoms with Crippen molar-refractivity contribution in [3.8, 4) is 5.75 Å². The first-order valence-corrected chi connectivity index (χ1v) is 12.1. The molecule has 4 rings (SSSR count). The van der Waals surface area contributed by atoms with Crippen LogP contribution in [0.15, 0.2) is 78.4 Å². The Morgan fingerprint density at radius 3 is 2.50 bits per heavy atom. The Kier molecular flexibility index (Phi) is 7.82. The predicted octanol–water partition coefficient (Wildman–Crippen LogP) is 7.78. The van der Waals surface area contributed by atoms with E-state index >= 15 is 0 Å². The highest BCUT2D eigenvalue weighted by atomic mass is 16.5. The number of benzene rings is 3. The van der Waals surface area contributed by atoms with Crippen LogP contribution in [0, 0.1) is 6.57 Å². The number of hydrogen-bond donors (Lipinski definition) is 0. The number of carbonyl (C=O) groups excluding carboxylic acids is 1. The minimum absolute atomic E-state index is 0.351. The second-order valence-corrected chi connectivity index (χ2v) is 8.45. The van der Waals surface area contributed by atoms with E-state index in [0.29, 0.717) is 18.0 Å². The standard InChI is InChI=1S/C32H29NO3/c1-5-28(29-17-16-27(35-4)21-30(29)33-3)32(26-19-24-9-7-8-10-25(24)20-26)23-14-11-22(12-15-23)13-18-31(34)36-6-2/h7-19,21H,5-6,20H2,1-2,4H3/b18-13+,32-28+. The molecule has 0 atom stereocenters. The second-order valence-electron chi connectivity index (χ2n) is 8.45. The van der Waals surface area contributed by atoms with Crippen LogP contribution in [-0.4, -0.2) is 19.7 Å². The van der Waals surface area contributed by atoms with Gasteiger partial charge in [-0.25, -0.2) is 9.64 Å². The summed E-state index contributed by atoms with van der Waals surface area (Å²) >= 11 is 0. The molecule has 4 heteroatoms. The van der Waals surface area contributed by atoms with Gasteiger partial charge in [0.1, 0.15) is 5.75 Å². The van der Waals surface area contributed by atoms with Crippen molar-refractivity contribution in [3.05, 3.63) is 118 Å². The first-order chi connectivity index (χ1) is 17.6. The molecule has 0 unspecified atom stereocenters. The predicted molar refractivity (Wildman–Crippen MR) is 147 cm³/mol. The van der Waals surface area contributed by atoms with Crippen LogP contribution in [0.2, 0.25) is 0 Å². The summed E-state index contributed by atoms with van der Waals surface area (Å²) in [4.78, 5) is 15.5. The lowest BCUT2D eigenvalue weighted by atomic mass is 9.86. The van der Waals surface area contributed by atoms with Crippen molar-refractivity contribution in [2.75, 3.05) is 13.7 Å². The second kappa shape index (κ2) is 11.4. The van der Waals surface area contributed by atoms with E-state index < -0.39 is 0 Å². The monoisotopic (exact) mass is 475 g/mol.